The van der Waals surface area contributed by atoms with E-state index >= 15 is 0 Å². The number of hydrogen-bond donors (Lipinski definition) is 0. The lowest BCUT2D eigenvalue weighted by Gasteiger charge is -2.39. The largest absolute Gasteiger partial charge is 0.502 e. The summed E-state index contributed by atoms with van der Waals surface area (Å²) in [5.41, 5.74) is 0. The molecule has 1 aliphatic heterocycles. The van der Waals surface area contributed by atoms with Crippen molar-refractivity contribution < 1.29 is 9.16 Å². The molecular formula is C12H23BO2Si. The molecule has 0 aromatic heterocycles. The summed E-state index contributed by atoms with van der Waals surface area (Å²) in [6.45, 7) is 17.1. The molecule has 0 aromatic carbocycles. The van der Waals surface area contributed by atoms with Crippen LogP contribution in [0.2, 0.25) is 18.1 Å². The zero-order valence-corrected chi connectivity index (χ0v) is 12.3. The van der Waals surface area contributed by atoms with E-state index in [-0.39, 0.29) is 23.1 Å². The second-order valence-electron chi connectivity index (χ2n) is 6.21. The van der Waals surface area contributed by atoms with Crippen LogP contribution in [0.1, 0.15) is 27.7 Å². The number of rotatable bonds is 2. The lowest BCUT2D eigenvalue weighted by atomic mass is 9.87. The van der Waals surface area contributed by atoms with E-state index in [2.05, 4.69) is 47.4 Å². The van der Waals surface area contributed by atoms with Crippen LogP contribution in [0.25, 0.3) is 0 Å². The maximum absolute atomic E-state index is 6.29. The quantitative estimate of drug-likeness (QED) is 0.688. The summed E-state index contributed by atoms with van der Waals surface area (Å²) < 4.78 is 11.7. The first-order valence-electron chi connectivity index (χ1n) is 5.85. The molecule has 16 heavy (non-hydrogen) atoms. The van der Waals surface area contributed by atoms with E-state index in [4.69, 9.17) is 17.0 Å². The van der Waals surface area contributed by atoms with Crippen LogP contribution in [-0.2, 0) is 9.16 Å². The molecule has 0 amide bonds. The van der Waals surface area contributed by atoms with Crippen molar-refractivity contribution in [3.05, 3.63) is 12.3 Å². The average Bonchev–Trinajstić information content (AvgIpc) is 2.30. The molecule has 0 aromatic rings. The Balaban J connectivity index is 2.78. The summed E-state index contributed by atoms with van der Waals surface area (Å²) >= 11 is 0. The number of hydrogen-bond acceptors (Lipinski definition) is 2. The first-order valence-corrected chi connectivity index (χ1v) is 8.76. The molecule has 0 N–H and O–H groups in total. The Morgan fingerprint density at radius 2 is 1.88 bits per heavy atom. The van der Waals surface area contributed by atoms with Gasteiger partial charge in [-0.25, -0.2) is 0 Å². The van der Waals surface area contributed by atoms with E-state index in [0.717, 1.165) is 0 Å². The predicted octanol–water partition coefficient (Wildman–Crippen LogP) is 3.05. The SMILES string of the molecule is [B]C1OC(=C)C(O[Si](C)(C)C(C)(C)C)C1C. The van der Waals surface area contributed by atoms with Crippen LogP contribution < -0.4 is 0 Å². The molecule has 2 radical (unpaired) electrons. The van der Waals surface area contributed by atoms with Gasteiger partial charge < -0.3 is 9.16 Å². The second-order valence-corrected chi connectivity index (χ2v) is 11.0. The van der Waals surface area contributed by atoms with Crippen molar-refractivity contribution in [2.75, 3.05) is 0 Å². The highest BCUT2D eigenvalue weighted by molar-refractivity contribution is 6.74. The monoisotopic (exact) mass is 238 g/mol. The minimum absolute atomic E-state index is 0.0455. The highest BCUT2D eigenvalue weighted by Crippen LogP contribution is 2.41. The third kappa shape index (κ3) is 2.54. The Bertz CT molecular complexity index is 283. The highest BCUT2D eigenvalue weighted by atomic mass is 28.4. The molecule has 1 aliphatic rings. The fourth-order valence-electron chi connectivity index (χ4n) is 1.48. The molecule has 2 nitrogen and oxygen atoms in total. The van der Waals surface area contributed by atoms with Gasteiger partial charge in [0.1, 0.15) is 19.7 Å². The third-order valence-corrected chi connectivity index (χ3v) is 8.28. The standard InChI is InChI=1S/C12H23BO2Si/c1-8-10(9(2)14-11(8)13)15-16(6,7)12(3,4)5/h8,10-11H,2H2,1,3-7H3. The molecular weight excluding hydrogens is 215 g/mol. The van der Waals surface area contributed by atoms with Crippen molar-refractivity contribution >= 4 is 16.2 Å². The van der Waals surface area contributed by atoms with E-state index in [1.165, 1.54) is 0 Å². The molecule has 1 heterocycles. The Labute approximate surface area is 102 Å². The number of ether oxygens (including phenoxy) is 1. The normalized spacial score (nSPS) is 31.6. The van der Waals surface area contributed by atoms with Gasteiger partial charge in [0.05, 0.1) is 6.00 Å². The second kappa shape index (κ2) is 4.22. The summed E-state index contributed by atoms with van der Waals surface area (Å²) in [4.78, 5) is 0. The maximum atomic E-state index is 6.29. The smallest absolute Gasteiger partial charge is 0.193 e. The molecule has 0 saturated carbocycles. The zero-order valence-electron chi connectivity index (χ0n) is 11.3. The van der Waals surface area contributed by atoms with E-state index in [0.29, 0.717) is 5.76 Å². The van der Waals surface area contributed by atoms with Gasteiger partial charge in [0.15, 0.2) is 8.32 Å². The Morgan fingerprint density at radius 1 is 1.38 bits per heavy atom. The van der Waals surface area contributed by atoms with Crippen LogP contribution in [0, 0.1) is 5.92 Å². The lowest BCUT2D eigenvalue weighted by molar-refractivity contribution is 0.178. The first-order chi connectivity index (χ1) is 7.06. The summed E-state index contributed by atoms with van der Waals surface area (Å²) in [5.74, 6) is 0.867. The molecule has 1 fully saturated rings. The molecule has 3 unspecified atom stereocenters. The Morgan fingerprint density at radius 3 is 2.19 bits per heavy atom. The highest BCUT2D eigenvalue weighted by Gasteiger charge is 2.44. The van der Waals surface area contributed by atoms with E-state index < -0.39 is 8.32 Å². The van der Waals surface area contributed by atoms with Crippen LogP contribution in [-0.4, -0.2) is 28.3 Å². The fraction of sp³-hybridized carbons (Fsp3) is 0.833. The van der Waals surface area contributed by atoms with Gasteiger partial charge >= 0.3 is 0 Å². The van der Waals surface area contributed by atoms with Crippen LogP contribution >= 0.6 is 0 Å². The van der Waals surface area contributed by atoms with Crippen molar-refractivity contribution in [3.63, 3.8) is 0 Å². The van der Waals surface area contributed by atoms with Crippen LogP contribution in [0.5, 0.6) is 0 Å². The Hall–Kier alpha value is -0.218. The Kier molecular flexibility index (Phi) is 3.66. The first kappa shape index (κ1) is 13.8. The predicted molar refractivity (Wildman–Crippen MR) is 71.0 cm³/mol. The fourth-order valence-corrected chi connectivity index (χ4v) is 2.82. The van der Waals surface area contributed by atoms with Gasteiger partial charge in [-0.1, -0.05) is 34.3 Å². The average molecular weight is 238 g/mol. The molecule has 3 atom stereocenters. The summed E-state index contributed by atoms with van der Waals surface area (Å²) in [7, 11) is 4.06. The lowest BCUT2D eigenvalue weighted by Crippen LogP contribution is -2.45. The van der Waals surface area contributed by atoms with Crippen LogP contribution in [0.15, 0.2) is 12.3 Å². The van der Waals surface area contributed by atoms with Gasteiger partial charge in [-0.15, -0.1) is 0 Å². The zero-order chi connectivity index (χ0) is 12.7. The molecule has 0 aliphatic carbocycles. The minimum Gasteiger partial charge on any atom is -0.502 e. The summed E-state index contributed by atoms with van der Waals surface area (Å²) in [6, 6.07) is -0.276. The summed E-state index contributed by atoms with van der Waals surface area (Å²) in [6.07, 6.45) is -0.0455. The van der Waals surface area contributed by atoms with Crippen molar-refractivity contribution in [1.29, 1.82) is 0 Å². The molecule has 90 valence electrons. The van der Waals surface area contributed by atoms with Crippen molar-refractivity contribution in [1.82, 2.24) is 0 Å². The molecule has 1 saturated heterocycles. The van der Waals surface area contributed by atoms with Gasteiger partial charge in [0.2, 0.25) is 0 Å². The van der Waals surface area contributed by atoms with Crippen molar-refractivity contribution in [3.8, 4) is 0 Å². The van der Waals surface area contributed by atoms with E-state index in [9.17, 15) is 0 Å². The van der Waals surface area contributed by atoms with Gasteiger partial charge in [-0.3, -0.25) is 0 Å². The topological polar surface area (TPSA) is 18.5 Å². The van der Waals surface area contributed by atoms with Gasteiger partial charge in [0.25, 0.3) is 0 Å². The minimum atomic E-state index is -1.78. The van der Waals surface area contributed by atoms with Crippen molar-refractivity contribution in [2.45, 2.75) is 57.9 Å². The molecule has 0 spiro atoms. The van der Waals surface area contributed by atoms with Gasteiger partial charge in [-0.05, 0) is 18.1 Å². The van der Waals surface area contributed by atoms with Crippen LogP contribution in [0.4, 0.5) is 0 Å². The van der Waals surface area contributed by atoms with Crippen LogP contribution in [0.3, 0.4) is 0 Å². The maximum Gasteiger partial charge on any atom is 0.193 e. The van der Waals surface area contributed by atoms with Crippen molar-refractivity contribution in [2.24, 2.45) is 5.92 Å². The van der Waals surface area contributed by atoms with Gasteiger partial charge in [0, 0.05) is 5.92 Å². The van der Waals surface area contributed by atoms with E-state index in [1.54, 1.807) is 0 Å². The molecule has 0 bridgehead atoms. The van der Waals surface area contributed by atoms with Gasteiger partial charge in [-0.2, -0.15) is 0 Å². The molecule has 4 heteroatoms. The van der Waals surface area contributed by atoms with E-state index in [1.807, 2.05) is 0 Å². The summed E-state index contributed by atoms with van der Waals surface area (Å²) in [5, 5.41) is 0.194. The third-order valence-electron chi connectivity index (χ3n) is 3.83. The molecule has 1 rings (SSSR count).